The van der Waals surface area contributed by atoms with E-state index in [0.29, 0.717) is 5.57 Å². The molecule has 0 saturated carbocycles. The average molecular weight is 244 g/mol. The Labute approximate surface area is 99.5 Å². The van der Waals surface area contributed by atoms with Gasteiger partial charge < -0.3 is 18.9 Å². The number of hydrogen-bond donors (Lipinski definition) is 0. The molecule has 6 heteroatoms. The average Bonchev–Trinajstić information content (AvgIpc) is 2.22. The molecule has 1 rings (SSSR count). The number of hydrogen-bond acceptors (Lipinski definition) is 6. The Bertz CT molecular complexity index is 324. The Hall–Kier alpha value is -1.40. The molecule has 1 aliphatic heterocycles. The number of ether oxygens (including phenoxy) is 4. The van der Waals surface area contributed by atoms with Crippen LogP contribution < -0.4 is 0 Å². The summed E-state index contributed by atoms with van der Waals surface area (Å²) in [5.74, 6) is -0.988. The zero-order chi connectivity index (χ0) is 13.0. The molecule has 0 spiro atoms. The lowest BCUT2D eigenvalue weighted by Crippen LogP contribution is -2.50. The SMILES string of the molecule is C=C1CO[C@@H](OC)[C@H](OC(C)=O)[C@@H]1OC(C)=O. The molecule has 96 valence electrons. The van der Waals surface area contributed by atoms with Crippen molar-refractivity contribution in [1.29, 1.82) is 0 Å². The quantitative estimate of drug-likeness (QED) is 0.529. The maximum Gasteiger partial charge on any atom is 0.303 e. The topological polar surface area (TPSA) is 71.1 Å². The Morgan fingerprint density at radius 1 is 1.29 bits per heavy atom. The van der Waals surface area contributed by atoms with E-state index in [9.17, 15) is 9.59 Å². The third kappa shape index (κ3) is 3.54. The third-order valence-corrected chi connectivity index (χ3v) is 2.23. The van der Waals surface area contributed by atoms with Crippen molar-refractivity contribution in [3.05, 3.63) is 12.2 Å². The van der Waals surface area contributed by atoms with Crippen molar-refractivity contribution in [3.63, 3.8) is 0 Å². The molecule has 0 unspecified atom stereocenters. The highest BCUT2D eigenvalue weighted by molar-refractivity contribution is 5.67. The molecule has 1 saturated heterocycles. The number of carbonyl (C=O) groups excluding carboxylic acids is 2. The lowest BCUT2D eigenvalue weighted by atomic mass is 10.0. The van der Waals surface area contributed by atoms with Crippen molar-refractivity contribution in [2.75, 3.05) is 13.7 Å². The first-order valence-corrected chi connectivity index (χ1v) is 5.12. The minimum Gasteiger partial charge on any atom is -0.454 e. The molecule has 1 aliphatic rings. The van der Waals surface area contributed by atoms with E-state index in [1.54, 1.807) is 0 Å². The maximum absolute atomic E-state index is 11.0. The van der Waals surface area contributed by atoms with Gasteiger partial charge in [0.15, 0.2) is 18.5 Å². The van der Waals surface area contributed by atoms with Gasteiger partial charge in [0, 0.05) is 21.0 Å². The van der Waals surface area contributed by atoms with Crippen LogP contribution >= 0.6 is 0 Å². The van der Waals surface area contributed by atoms with Crippen LogP contribution in [0.5, 0.6) is 0 Å². The second-order valence-electron chi connectivity index (χ2n) is 3.68. The van der Waals surface area contributed by atoms with Gasteiger partial charge in [0.25, 0.3) is 0 Å². The van der Waals surface area contributed by atoms with E-state index in [0.717, 1.165) is 0 Å². The van der Waals surface area contributed by atoms with E-state index in [2.05, 4.69) is 6.58 Å². The van der Waals surface area contributed by atoms with Gasteiger partial charge in [-0.1, -0.05) is 6.58 Å². The summed E-state index contributed by atoms with van der Waals surface area (Å²) in [5, 5.41) is 0. The maximum atomic E-state index is 11.0. The molecule has 0 aromatic carbocycles. The number of esters is 2. The molecular formula is C11H16O6. The van der Waals surface area contributed by atoms with Gasteiger partial charge in [0.1, 0.15) is 0 Å². The Morgan fingerprint density at radius 3 is 2.35 bits per heavy atom. The van der Waals surface area contributed by atoms with Crippen LogP contribution in [0.4, 0.5) is 0 Å². The van der Waals surface area contributed by atoms with Gasteiger partial charge in [-0.15, -0.1) is 0 Å². The van der Waals surface area contributed by atoms with Crippen molar-refractivity contribution in [2.45, 2.75) is 32.3 Å². The van der Waals surface area contributed by atoms with Crippen molar-refractivity contribution >= 4 is 11.9 Å². The Morgan fingerprint density at radius 2 is 1.88 bits per heavy atom. The first kappa shape index (κ1) is 13.7. The molecule has 0 aliphatic carbocycles. The largest absolute Gasteiger partial charge is 0.454 e. The van der Waals surface area contributed by atoms with Gasteiger partial charge in [-0.05, 0) is 5.57 Å². The van der Waals surface area contributed by atoms with E-state index in [4.69, 9.17) is 18.9 Å². The molecule has 6 nitrogen and oxygen atoms in total. The fourth-order valence-corrected chi connectivity index (χ4v) is 1.58. The predicted molar refractivity (Wildman–Crippen MR) is 57.0 cm³/mol. The molecule has 0 aromatic rings. The summed E-state index contributed by atoms with van der Waals surface area (Å²) >= 11 is 0. The smallest absolute Gasteiger partial charge is 0.303 e. The minimum atomic E-state index is -0.831. The van der Waals surface area contributed by atoms with Crippen LogP contribution in [0.15, 0.2) is 12.2 Å². The van der Waals surface area contributed by atoms with E-state index in [1.807, 2.05) is 0 Å². The third-order valence-electron chi connectivity index (χ3n) is 2.23. The molecule has 0 aromatic heterocycles. The van der Waals surface area contributed by atoms with E-state index >= 15 is 0 Å². The van der Waals surface area contributed by atoms with Crippen LogP contribution in [0.1, 0.15) is 13.8 Å². The summed E-state index contributed by atoms with van der Waals surface area (Å²) in [5.41, 5.74) is 0.528. The lowest BCUT2D eigenvalue weighted by molar-refractivity contribution is -0.232. The molecule has 1 heterocycles. The Balaban J connectivity index is 2.86. The number of methoxy groups -OCH3 is 1. The van der Waals surface area contributed by atoms with Crippen molar-refractivity contribution in [1.82, 2.24) is 0 Å². The second-order valence-corrected chi connectivity index (χ2v) is 3.68. The fraction of sp³-hybridized carbons (Fsp3) is 0.636. The van der Waals surface area contributed by atoms with E-state index < -0.39 is 30.4 Å². The summed E-state index contributed by atoms with van der Waals surface area (Å²) < 4.78 is 20.4. The van der Waals surface area contributed by atoms with Crippen LogP contribution in [0, 0.1) is 0 Å². The molecule has 0 amide bonds. The zero-order valence-electron chi connectivity index (χ0n) is 10.1. The number of carbonyl (C=O) groups is 2. The van der Waals surface area contributed by atoms with Gasteiger partial charge in [-0.2, -0.15) is 0 Å². The molecule has 0 bridgehead atoms. The Kier molecular flexibility index (Phi) is 4.65. The first-order valence-electron chi connectivity index (χ1n) is 5.12. The molecule has 0 radical (unpaired) electrons. The summed E-state index contributed by atoms with van der Waals surface area (Å²) in [6.45, 7) is 6.45. The van der Waals surface area contributed by atoms with Crippen LogP contribution in [-0.4, -0.2) is 44.2 Å². The van der Waals surface area contributed by atoms with E-state index in [1.165, 1.54) is 21.0 Å². The normalized spacial score (nSPS) is 28.6. The van der Waals surface area contributed by atoms with Gasteiger partial charge in [0.05, 0.1) is 6.61 Å². The second kappa shape index (κ2) is 5.79. The molecular weight excluding hydrogens is 228 g/mol. The van der Waals surface area contributed by atoms with Crippen LogP contribution in [0.25, 0.3) is 0 Å². The monoisotopic (exact) mass is 244 g/mol. The van der Waals surface area contributed by atoms with Gasteiger partial charge in [0.2, 0.25) is 0 Å². The van der Waals surface area contributed by atoms with Gasteiger partial charge in [-0.3, -0.25) is 9.59 Å². The molecule has 0 N–H and O–H groups in total. The van der Waals surface area contributed by atoms with E-state index in [-0.39, 0.29) is 6.61 Å². The summed E-state index contributed by atoms with van der Waals surface area (Å²) in [7, 11) is 1.42. The van der Waals surface area contributed by atoms with Gasteiger partial charge >= 0.3 is 11.9 Å². The highest BCUT2D eigenvalue weighted by atomic mass is 16.7. The fourth-order valence-electron chi connectivity index (χ4n) is 1.58. The highest BCUT2D eigenvalue weighted by Crippen LogP contribution is 2.24. The summed E-state index contributed by atoms with van der Waals surface area (Å²) in [6.07, 6.45) is -2.34. The minimum absolute atomic E-state index is 0.189. The molecule has 3 atom stereocenters. The van der Waals surface area contributed by atoms with Crippen LogP contribution in [0.3, 0.4) is 0 Å². The van der Waals surface area contributed by atoms with Crippen molar-refractivity contribution in [3.8, 4) is 0 Å². The van der Waals surface area contributed by atoms with Crippen molar-refractivity contribution < 1.29 is 28.5 Å². The standard InChI is InChI=1S/C11H16O6/c1-6-5-15-11(14-4)10(17-8(3)13)9(6)16-7(2)12/h9-11H,1,5H2,2-4H3/t9-,10-,11-/m1/s1. The highest BCUT2D eigenvalue weighted by Gasteiger charge is 2.41. The molecule has 17 heavy (non-hydrogen) atoms. The lowest BCUT2D eigenvalue weighted by Gasteiger charge is -2.36. The zero-order valence-corrected chi connectivity index (χ0v) is 10.1. The van der Waals surface area contributed by atoms with Crippen molar-refractivity contribution in [2.24, 2.45) is 0 Å². The van der Waals surface area contributed by atoms with Gasteiger partial charge in [-0.25, -0.2) is 0 Å². The summed E-state index contributed by atoms with van der Waals surface area (Å²) in [4.78, 5) is 22.0. The summed E-state index contributed by atoms with van der Waals surface area (Å²) in [6, 6.07) is 0. The molecule has 1 fully saturated rings. The predicted octanol–water partition coefficient (Wildman–Crippen LogP) is 0.409. The van der Waals surface area contributed by atoms with Crippen LogP contribution in [-0.2, 0) is 28.5 Å². The van der Waals surface area contributed by atoms with Crippen LogP contribution in [0.2, 0.25) is 0 Å². The number of rotatable bonds is 3. The first-order chi connectivity index (χ1) is 7.95.